The summed E-state index contributed by atoms with van der Waals surface area (Å²) in [5.74, 6) is -10.6. The minimum atomic E-state index is -2.24. The van der Waals surface area contributed by atoms with Crippen LogP contribution in [-0.4, -0.2) is 61.0 Å². The van der Waals surface area contributed by atoms with Gasteiger partial charge < -0.3 is 10.2 Å². The van der Waals surface area contributed by atoms with Gasteiger partial charge in [-0.3, -0.25) is 28.9 Å². The number of phenols is 1. The first-order chi connectivity index (χ1) is 19.8. The minimum Gasteiger partial charge on any atom is -0.505 e. The molecule has 0 bridgehead atoms. The number of likely N-dealkylation sites (tertiary alicyclic amines) is 1. The van der Waals surface area contributed by atoms with Crippen molar-refractivity contribution in [2.45, 2.75) is 34.9 Å². The van der Waals surface area contributed by atoms with E-state index in [0.29, 0.717) is 5.57 Å². The number of alkyl halides is 2. The number of imide groups is 2. The van der Waals surface area contributed by atoms with Crippen LogP contribution in [0.1, 0.15) is 30.7 Å². The number of phenolic OH excluding ortho intramolecular Hbond substituents is 1. The van der Waals surface area contributed by atoms with Gasteiger partial charge in [-0.15, -0.1) is 23.2 Å². The van der Waals surface area contributed by atoms with E-state index in [9.17, 15) is 37.9 Å². The van der Waals surface area contributed by atoms with Crippen molar-refractivity contribution in [3.63, 3.8) is 0 Å². The van der Waals surface area contributed by atoms with Gasteiger partial charge in [-0.05, 0) is 60.7 Å². The summed E-state index contributed by atoms with van der Waals surface area (Å²) in [5, 5.41) is 19.0. The molecule has 3 fully saturated rings. The maximum Gasteiger partial charge on any atom is 0.305 e. The highest BCUT2D eigenvalue weighted by molar-refractivity contribution is 6.58. The molecular formula is C29H22Cl2F2N2O7. The van der Waals surface area contributed by atoms with Crippen molar-refractivity contribution >= 4 is 58.5 Å². The number of amides is 4. The summed E-state index contributed by atoms with van der Waals surface area (Å²) in [6, 6.07) is 7.88. The summed E-state index contributed by atoms with van der Waals surface area (Å²) in [7, 11) is 0. The number of nitrogens with zero attached hydrogens (tertiary/aromatic N) is 2. The number of halogens is 4. The van der Waals surface area contributed by atoms with E-state index in [0.717, 1.165) is 34.1 Å². The number of aromatic hydroxyl groups is 1. The van der Waals surface area contributed by atoms with Gasteiger partial charge in [0.2, 0.25) is 11.8 Å². The van der Waals surface area contributed by atoms with E-state index in [2.05, 4.69) is 0 Å². The van der Waals surface area contributed by atoms with E-state index in [1.54, 1.807) is 6.08 Å². The Labute approximate surface area is 247 Å². The van der Waals surface area contributed by atoms with Gasteiger partial charge in [0, 0.05) is 12.5 Å². The van der Waals surface area contributed by atoms with Crippen LogP contribution in [0.3, 0.4) is 0 Å². The minimum absolute atomic E-state index is 0.00159. The summed E-state index contributed by atoms with van der Waals surface area (Å²) in [4.78, 5) is 63.4. The van der Waals surface area contributed by atoms with E-state index in [4.69, 9.17) is 28.3 Å². The fraction of sp³-hybridized carbons (Fsp3) is 0.345. The number of benzene rings is 2. The highest BCUT2D eigenvalue weighted by Crippen LogP contribution is 2.65. The molecule has 2 aliphatic heterocycles. The molecule has 6 atom stereocenters. The smallest absolute Gasteiger partial charge is 0.305 e. The fourth-order valence-corrected chi connectivity index (χ4v) is 7.90. The molecule has 4 aliphatic rings. The Balaban J connectivity index is 1.52. The first kappa shape index (κ1) is 28.3. The number of carboxylic acids is 1. The summed E-state index contributed by atoms with van der Waals surface area (Å²) in [6.45, 7) is -0.337. The zero-order chi connectivity index (χ0) is 30.3. The van der Waals surface area contributed by atoms with Crippen LogP contribution in [0.25, 0.3) is 0 Å². The molecule has 2 aromatic carbocycles. The second-order valence-corrected chi connectivity index (χ2v) is 12.2. The number of anilines is 1. The number of carbonyl (C=O) groups is 5. The molecule has 42 heavy (non-hydrogen) atoms. The van der Waals surface area contributed by atoms with Crippen molar-refractivity contribution < 1.29 is 43.0 Å². The quantitative estimate of drug-likeness (QED) is 0.296. The fourth-order valence-electron chi connectivity index (χ4n) is 6.97. The van der Waals surface area contributed by atoms with Gasteiger partial charge in [0.1, 0.15) is 5.82 Å². The number of rotatable bonds is 5. The number of hydrogen-bond donors (Lipinski definition) is 2. The molecule has 0 radical (unpaired) electrons. The summed E-state index contributed by atoms with van der Waals surface area (Å²) >= 11 is 14.3. The lowest BCUT2D eigenvalue weighted by Crippen LogP contribution is -2.60. The molecule has 218 valence electrons. The Bertz CT molecular complexity index is 1620. The molecule has 0 spiro atoms. The van der Waals surface area contributed by atoms with Crippen LogP contribution in [0.2, 0.25) is 0 Å². The van der Waals surface area contributed by atoms with E-state index in [-0.39, 0.29) is 30.6 Å². The molecule has 6 rings (SSSR count). The molecule has 2 N–H and O–H groups in total. The molecule has 0 aromatic heterocycles. The normalized spacial score (nSPS) is 32.0. The Morgan fingerprint density at radius 1 is 0.976 bits per heavy atom. The monoisotopic (exact) mass is 618 g/mol. The Morgan fingerprint density at radius 2 is 1.67 bits per heavy atom. The standard InChI is InChI=1S/C29H22Cl2F2N2O7/c30-28-12-18-16(6-7-17-22(18)25(40)34(24(17)39)10-9-21(37)38)23(13-1-8-20(36)19(33)11-13)29(28,31)27(42)35(26(28)41)15-4-2-14(32)3-5-15/h1-6,8,11,17-18,22-23,36H,7,9-10,12H2,(H,37,38)/t17-,18+,22-,23-,28+,29-/m0/s1. The van der Waals surface area contributed by atoms with Crippen LogP contribution in [-0.2, 0) is 24.0 Å². The first-order valence-corrected chi connectivity index (χ1v) is 13.8. The molecular weight excluding hydrogens is 597 g/mol. The first-order valence-electron chi connectivity index (χ1n) is 13.1. The van der Waals surface area contributed by atoms with E-state index >= 15 is 0 Å². The van der Waals surface area contributed by atoms with Gasteiger partial charge >= 0.3 is 5.97 Å². The summed E-state index contributed by atoms with van der Waals surface area (Å²) in [5.41, 5.74) is 0.496. The number of fused-ring (bicyclic) bond motifs is 4. The highest BCUT2D eigenvalue weighted by atomic mass is 35.5. The Kier molecular flexibility index (Phi) is 6.47. The third-order valence-corrected chi connectivity index (χ3v) is 10.3. The number of carboxylic acid groups (broad SMARTS) is 1. The van der Waals surface area contributed by atoms with Crippen LogP contribution in [0.15, 0.2) is 54.1 Å². The van der Waals surface area contributed by atoms with Gasteiger partial charge in [0.05, 0.1) is 23.9 Å². The Morgan fingerprint density at radius 3 is 2.31 bits per heavy atom. The molecule has 2 saturated heterocycles. The lowest BCUT2D eigenvalue weighted by atomic mass is 9.56. The molecule has 13 heteroatoms. The van der Waals surface area contributed by atoms with E-state index in [1.165, 1.54) is 18.2 Å². The van der Waals surface area contributed by atoms with Crippen molar-refractivity contribution in [3.05, 3.63) is 71.3 Å². The molecule has 0 unspecified atom stereocenters. The maximum atomic E-state index is 14.7. The molecule has 2 aromatic rings. The number of carbonyl (C=O) groups excluding carboxylic acids is 4. The average molecular weight is 619 g/mol. The zero-order valence-electron chi connectivity index (χ0n) is 21.6. The van der Waals surface area contributed by atoms with Crippen LogP contribution in [0.5, 0.6) is 5.75 Å². The predicted molar refractivity (Wildman–Crippen MR) is 144 cm³/mol. The van der Waals surface area contributed by atoms with Gasteiger partial charge in [-0.25, -0.2) is 13.7 Å². The van der Waals surface area contributed by atoms with Crippen LogP contribution >= 0.6 is 23.2 Å². The Hall–Kier alpha value is -3.83. The van der Waals surface area contributed by atoms with Gasteiger partial charge in [-0.2, -0.15) is 0 Å². The van der Waals surface area contributed by atoms with Gasteiger partial charge in [0.25, 0.3) is 11.8 Å². The van der Waals surface area contributed by atoms with Crippen molar-refractivity contribution in [2.75, 3.05) is 11.4 Å². The molecule has 2 heterocycles. The second-order valence-electron chi connectivity index (χ2n) is 10.9. The number of hydrogen-bond acceptors (Lipinski definition) is 6. The molecule has 2 aliphatic carbocycles. The topological polar surface area (TPSA) is 132 Å². The zero-order valence-corrected chi connectivity index (χ0v) is 23.1. The summed E-state index contributed by atoms with van der Waals surface area (Å²) in [6.07, 6.45) is 0.900. The van der Waals surface area contributed by atoms with Crippen molar-refractivity contribution in [1.82, 2.24) is 4.90 Å². The lowest BCUT2D eigenvalue weighted by Gasteiger charge is -2.50. The highest BCUT2D eigenvalue weighted by Gasteiger charge is 2.76. The van der Waals surface area contributed by atoms with E-state index < -0.39 is 86.8 Å². The van der Waals surface area contributed by atoms with Crippen molar-refractivity contribution in [1.29, 1.82) is 0 Å². The maximum absolute atomic E-state index is 14.7. The van der Waals surface area contributed by atoms with Crippen molar-refractivity contribution in [3.8, 4) is 5.75 Å². The molecule has 9 nitrogen and oxygen atoms in total. The van der Waals surface area contributed by atoms with Crippen LogP contribution in [0, 0.1) is 29.4 Å². The molecule has 1 saturated carbocycles. The lowest BCUT2D eigenvalue weighted by molar-refractivity contribution is -0.142. The SMILES string of the molecule is O=C(O)CCN1C(=O)[C@H]2[C@H](CC=C3[C@H]2C[C@@]2(Cl)C(=O)N(c4ccc(F)cc4)C(=O)[C@@]2(Cl)[C@H]3c2ccc(O)c(F)c2)C1=O. The van der Waals surface area contributed by atoms with E-state index in [1.807, 2.05) is 0 Å². The largest absolute Gasteiger partial charge is 0.505 e. The van der Waals surface area contributed by atoms with Crippen molar-refractivity contribution in [2.24, 2.45) is 17.8 Å². The number of aliphatic carboxylic acids is 1. The van der Waals surface area contributed by atoms with Gasteiger partial charge in [-0.1, -0.05) is 17.7 Å². The third kappa shape index (κ3) is 3.75. The third-order valence-electron chi connectivity index (χ3n) is 8.84. The second kappa shape index (κ2) is 9.60. The predicted octanol–water partition coefficient (Wildman–Crippen LogP) is 3.71. The van der Waals surface area contributed by atoms with Gasteiger partial charge in [0.15, 0.2) is 21.3 Å². The molecule has 4 amide bonds. The van der Waals surface area contributed by atoms with Crippen LogP contribution in [0.4, 0.5) is 14.5 Å². The summed E-state index contributed by atoms with van der Waals surface area (Å²) < 4.78 is 28.4. The number of allylic oxidation sites excluding steroid dienone is 2. The average Bonchev–Trinajstić information content (AvgIpc) is 3.27. The van der Waals surface area contributed by atoms with Crippen LogP contribution < -0.4 is 4.90 Å².